The van der Waals surface area contributed by atoms with Gasteiger partial charge >= 0.3 is 5.97 Å². The number of furan rings is 1. The second kappa shape index (κ2) is 5.87. The summed E-state index contributed by atoms with van der Waals surface area (Å²) in [5.41, 5.74) is 0. The molecule has 0 saturated carbocycles. The van der Waals surface area contributed by atoms with Crippen molar-refractivity contribution in [3.63, 3.8) is 0 Å². The van der Waals surface area contributed by atoms with E-state index in [2.05, 4.69) is 18.7 Å². The van der Waals surface area contributed by atoms with Gasteiger partial charge in [-0.2, -0.15) is 0 Å². The average Bonchev–Trinajstić information content (AvgIpc) is 2.77. The van der Waals surface area contributed by atoms with E-state index in [9.17, 15) is 4.79 Å². The van der Waals surface area contributed by atoms with Crippen molar-refractivity contribution in [1.82, 2.24) is 4.90 Å². The maximum atomic E-state index is 10.7. The monoisotopic (exact) mass is 239 g/mol. The molecule has 0 aromatic carbocycles. The van der Waals surface area contributed by atoms with Crippen molar-refractivity contribution in [1.29, 1.82) is 0 Å². The predicted octanol–water partition coefficient (Wildman–Crippen LogP) is 3.02. The Labute approximate surface area is 102 Å². The molecule has 0 spiro atoms. The predicted molar refractivity (Wildman–Crippen MR) is 66.2 cm³/mol. The molecule has 1 heterocycles. The summed E-state index contributed by atoms with van der Waals surface area (Å²) in [6, 6.07) is 3.34. The van der Waals surface area contributed by atoms with Crippen LogP contribution in [0.4, 0.5) is 0 Å². The van der Waals surface area contributed by atoms with Crippen molar-refractivity contribution in [2.75, 3.05) is 13.6 Å². The number of carboxylic acids is 1. The second-order valence-electron chi connectivity index (χ2n) is 4.64. The lowest BCUT2D eigenvalue weighted by Crippen LogP contribution is -2.27. The molecule has 0 amide bonds. The maximum absolute atomic E-state index is 10.7. The quantitative estimate of drug-likeness (QED) is 0.829. The van der Waals surface area contributed by atoms with Gasteiger partial charge in [0, 0.05) is 6.54 Å². The van der Waals surface area contributed by atoms with Crippen LogP contribution in [0, 0.1) is 5.92 Å². The summed E-state index contributed by atoms with van der Waals surface area (Å²) in [7, 11) is 2.03. The number of rotatable bonds is 6. The van der Waals surface area contributed by atoms with E-state index in [0.29, 0.717) is 11.7 Å². The third kappa shape index (κ3) is 3.60. The minimum Gasteiger partial charge on any atom is -0.475 e. The minimum absolute atomic E-state index is 0.00351. The summed E-state index contributed by atoms with van der Waals surface area (Å²) in [6.45, 7) is 7.36. The molecular formula is C13H21NO3. The van der Waals surface area contributed by atoms with Crippen LogP contribution >= 0.6 is 0 Å². The Morgan fingerprint density at radius 1 is 1.47 bits per heavy atom. The zero-order valence-corrected chi connectivity index (χ0v) is 10.9. The van der Waals surface area contributed by atoms with E-state index in [-0.39, 0.29) is 11.8 Å². The van der Waals surface area contributed by atoms with Crippen LogP contribution in [0.15, 0.2) is 16.5 Å². The van der Waals surface area contributed by atoms with Crippen molar-refractivity contribution in [2.45, 2.75) is 33.2 Å². The SMILES string of the molecule is CCC(C)CN(C)C(C)c1ccc(C(=O)O)o1. The van der Waals surface area contributed by atoms with Gasteiger partial charge in [-0.1, -0.05) is 20.3 Å². The van der Waals surface area contributed by atoms with Crippen molar-refractivity contribution >= 4 is 5.97 Å². The topological polar surface area (TPSA) is 53.7 Å². The van der Waals surface area contributed by atoms with Crippen molar-refractivity contribution in [3.8, 4) is 0 Å². The van der Waals surface area contributed by atoms with Crippen LogP contribution in [0.2, 0.25) is 0 Å². The number of aromatic carboxylic acids is 1. The Balaban J connectivity index is 2.67. The van der Waals surface area contributed by atoms with Gasteiger partial charge in [0.05, 0.1) is 6.04 Å². The van der Waals surface area contributed by atoms with Gasteiger partial charge < -0.3 is 9.52 Å². The summed E-state index contributed by atoms with van der Waals surface area (Å²) in [4.78, 5) is 12.9. The van der Waals surface area contributed by atoms with E-state index < -0.39 is 5.97 Å². The smallest absolute Gasteiger partial charge is 0.371 e. The van der Waals surface area contributed by atoms with Gasteiger partial charge in [-0.05, 0) is 32.0 Å². The Morgan fingerprint density at radius 2 is 2.12 bits per heavy atom. The van der Waals surface area contributed by atoms with E-state index in [4.69, 9.17) is 9.52 Å². The first-order chi connectivity index (χ1) is 7.95. The average molecular weight is 239 g/mol. The van der Waals surface area contributed by atoms with Crippen LogP contribution in [-0.4, -0.2) is 29.6 Å². The molecule has 0 aliphatic rings. The largest absolute Gasteiger partial charge is 0.475 e. The summed E-state index contributed by atoms with van der Waals surface area (Å²) < 4.78 is 5.30. The molecule has 1 aromatic heterocycles. The summed E-state index contributed by atoms with van der Waals surface area (Å²) in [5, 5.41) is 8.79. The van der Waals surface area contributed by atoms with Crippen LogP contribution in [0.5, 0.6) is 0 Å². The van der Waals surface area contributed by atoms with Gasteiger partial charge in [0.1, 0.15) is 5.76 Å². The highest BCUT2D eigenvalue weighted by Crippen LogP contribution is 2.22. The molecule has 17 heavy (non-hydrogen) atoms. The normalized spacial score (nSPS) is 14.9. The lowest BCUT2D eigenvalue weighted by atomic mass is 10.1. The molecule has 1 aromatic rings. The van der Waals surface area contributed by atoms with Gasteiger partial charge in [0.25, 0.3) is 0 Å². The molecule has 96 valence electrons. The highest BCUT2D eigenvalue weighted by Gasteiger charge is 2.18. The van der Waals surface area contributed by atoms with E-state index in [1.165, 1.54) is 6.07 Å². The third-order valence-corrected chi connectivity index (χ3v) is 3.21. The third-order valence-electron chi connectivity index (χ3n) is 3.21. The van der Waals surface area contributed by atoms with Gasteiger partial charge in [-0.15, -0.1) is 0 Å². The summed E-state index contributed by atoms with van der Waals surface area (Å²) in [6.07, 6.45) is 1.13. The Kier molecular flexibility index (Phi) is 4.75. The first-order valence-corrected chi connectivity index (χ1v) is 5.99. The van der Waals surface area contributed by atoms with Crippen LogP contribution in [0.3, 0.4) is 0 Å². The molecule has 0 bridgehead atoms. The number of hydrogen-bond acceptors (Lipinski definition) is 3. The molecule has 1 rings (SSSR count). The van der Waals surface area contributed by atoms with Gasteiger partial charge in [-0.3, -0.25) is 4.90 Å². The second-order valence-corrected chi connectivity index (χ2v) is 4.64. The Morgan fingerprint density at radius 3 is 2.59 bits per heavy atom. The van der Waals surface area contributed by atoms with E-state index >= 15 is 0 Å². The highest BCUT2D eigenvalue weighted by atomic mass is 16.4. The van der Waals surface area contributed by atoms with Crippen molar-refractivity contribution in [3.05, 3.63) is 23.7 Å². The van der Waals surface area contributed by atoms with Crippen LogP contribution < -0.4 is 0 Å². The van der Waals surface area contributed by atoms with Gasteiger partial charge in [0.15, 0.2) is 0 Å². The molecule has 4 nitrogen and oxygen atoms in total. The van der Waals surface area contributed by atoms with Crippen LogP contribution in [-0.2, 0) is 0 Å². The lowest BCUT2D eigenvalue weighted by Gasteiger charge is -2.25. The van der Waals surface area contributed by atoms with Crippen molar-refractivity contribution < 1.29 is 14.3 Å². The lowest BCUT2D eigenvalue weighted by molar-refractivity contribution is 0.0656. The summed E-state index contributed by atoms with van der Waals surface area (Å²) >= 11 is 0. The van der Waals surface area contributed by atoms with Crippen LogP contribution in [0.25, 0.3) is 0 Å². The molecule has 4 heteroatoms. The molecule has 0 radical (unpaired) electrons. The summed E-state index contributed by atoms with van der Waals surface area (Å²) in [5.74, 6) is 0.307. The highest BCUT2D eigenvalue weighted by molar-refractivity contribution is 5.84. The van der Waals surface area contributed by atoms with Gasteiger partial charge in [-0.25, -0.2) is 4.79 Å². The van der Waals surface area contributed by atoms with Gasteiger partial charge in [0.2, 0.25) is 5.76 Å². The zero-order chi connectivity index (χ0) is 13.0. The fourth-order valence-corrected chi connectivity index (χ4v) is 1.69. The Bertz CT molecular complexity index is 372. The van der Waals surface area contributed by atoms with E-state index in [1.54, 1.807) is 6.07 Å². The Hall–Kier alpha value is -1.29. The standard InChI is InChI=1S/C13H21NO3/c1-5-9(2)8-14(4)10(3)11-6-7-12(17-11)13(15)16/h6-7,9-10H,5,8H2,1-4H3,(H,15,16). The van der Waals surface area contributed by atoms with E-state index in [1.807, 2.05) is 14.0 Å². The first-order valence-electron chi connectivity index (χ1n) is 5.99. The minimum atomic E-state index is -1.02. The number of nitrogens with zero attached hydrogens (tertiary/aromatic N) is 1. The maximum Gasteiger partial charge on any atom is 0.371 e. The number of hydrogen-bond donors (Lipinski definition) is 1. The van der Waals surface area contributed by atoms with Crippen molar-refractivity contribution in [2.24, 2.45) is 5.92 Å². The fraction of sp³-hybridized carbons (Fsp3) is 0.615. The zero-order valence-electron chi connectivity index (χ0n) is 10.9. The molecular weight excluding hydrogens is 218 g/mol. The van der Waals surface area contributed by atoms with E-state index in [0.717, 1.165) is 13.0 Å². The molecule has 2 atom stereocenters. The molecule has 0 fully saturated rings. The number of carbonyl (C=O) groups is 1. The molecule has 0 aliphatic heterocycles. The fourth-order valence-electron chi connectivity index (χ4n) is 1.69. The molecule has 0 aliphatic carbocycles. The first kappa shape index (κ1) is 13.8. The number of carboxylic acid groups (broad SMARTS) is 1. The molecule has 1 N–H and O–H groups in total. The molecule has 2 unspecified atom stereocenters. The molecule has 0 saturated heterocycles. The van der Waals surface area contributed by atoms with Crippen LogP contribution in [0.1, 0.15) is 49.5 Å².